The number of carboxylic acid groups (broad SMARTS) is 1. The average Bonchev–Trinajstić information content (AvgIpc) is 3.00. The minimum Gasteiger partial charge on any atom is -0.480 e. The van der Waals surface area contributed by atoms with Crippen molar-refractivity contribution >= 4 is 11.9 Å². The Balaban J connectivity index is 1.99. The summed E-state index contributed by atoms with van der Waals surface area (Å²) in [5.41, 5.74) is 0.300. The second-order valence-electron chi connectivity index (χ2n) is 5.12. The van der Waals surface area contributed by atoms with Crippen LogP contribution in [-0.4, -0.2) is 40.0 Å². The van der Waals surface area contributed by atoms with Crippen molar-refractivity contribution in [1.29, 1.82) is 0 Å². The van der Waals surface area contributed by atoms with E-state index in [0.717, 1.165) is 4.90 Å². The molecule has 1 aromatic heterocycles. The zero-order valence-corrected chi connectivity index (χ0v) is 12.8. The fourth-order valence-electron chi connectivity index (χ4n) is 1.98. The van der Waals surface area contributed by atoms with Gasteiger partial charge in [0.05, 0.1) is 11.8 Å². The third-order valence-corrected chi connectivity index (χ3v) is 3.58. The normalized spacial score (nSPS) is 12.0. The highest BCUT2D eigenvalue weighted by atomic mass is 19.1. The van der Waals surface area contributed by atoms with E-state index in [9.17, 15) is 14.0 Å². The standard InChI is InChI=1S/C16H17FN2O4/c1-10(16(21)22)19(2)15(20)8-7-14-18-9-13(23-14)11-5-3-4-6-12(11)17/h3-6,9-10H,7-8H2,1-2H3,(H,21,22). The van der Waals surface area contributed by atoms with Gasteiger partial charge in [-0.25, -0.2) is 14.2 Å². The van der Waals surface area contributed by atoms with Gasteiger partial charge < -0.3 is 14.4 Å². The van der Waals surface area contributed by atoms with E-state index >= 15 is 0 Å². The fourth-order valence-corrected chi connectivity index (χ4v) is 1.98. The van der Waals surface area contributed by atoms with E-state index in [2.05, 4.69) is 4.98 Å². The third kappa shape index (κ3) is 3.94. The van der Waals surface area contributed by atoms with E-state index in [1.807, 2.05) is 0 Å². The number of rotatable bonds is 6. The van der Waals surface area contributed by atoms with Gasteiger partial charge >= 0.3 is 5.97 Å². The molecule has 0 fully saturated rings. The van der Waals surface area contributed by atoms with Gasteiger partial charge in [0.2, 0.25) is 5.91 Å². The van der Waals surface area contributed by atoms with E-state index in [1.165, 1.54) is 26.2 Å². The lowest BCUT2D eigenvalue weighted by molar-refractivity contribution is -0.148. The zero-order valence-electron chi connectivity index (χ0n) is 12.8. The summed E-state index contributed by atoms with van der Waals surface area (Å²) in [7, 11) is 1.43. The number of benzene rings is 1. The van der Waals surface area contributed by atoms with Gasteiger partial charge in [0.25, 0.3) is 0 Å². The average molecular weight is 320 g/mol. The molecular formula is C16H17FN2O4. The molecule has 1 N–H and O–H groups in total. The molecule has 0 aliphatic heterocycles. The highest BCUT2D eigenvalue weighted by Crippen LogP contribution is 2.23. The molecule has 0 bridgehead atoms. The van der Waals surface area contributed by atoms with Gasteiger partial charge in [-0.15, -0.1) is 0 Å². The van der Waals surface area contributed by atoms with Crippen LogP contribution in [0.25, 0.3) is 11.3 Å². The Hall–Kier alpha value is -2.70. The number of nitrogens with zero attached hydrogens (tertiary/aromatic N) is 2. The number of amides is 1. The van der Waals surface area contributed by atoms with Gasteiger partial charge in [0.15, 0.2) is 11.7 Å². The molecule has 2 rings (SSSR count). The first-order valence-electron chi connectivity index (χ1n) is 7.08. The predicted molar refractivity (Wildman–Crippen MR) is 80.1 cm³/mol. The van der Waals surface area contributed by atoms with Crippen LogP contribution in [0.3, 0.4) is 0 Å². The van der Waals surface area contributed by atoms with Crippen LogP contribution >= 0.6 is 0 Å². The largest absolute Gasteiger partial charge is 0.480 e. The Bertz CT molecular complexity index is 714. The van der Waals surface area contributed by atoms with Crippen molar-refractivity contribution in [2.24, 2.45) is 0 Å². The number of halogens is 1. The van der Waals surface area contributed by atoms with Crippen LogP contribution in [0.5, 0.6) is 0 Å². The number of carbonyl (C=O) groups is 2. The third-order valence-electron chi connectivity index (χ3n) is 3.58. The summed E-state index contributed by atoms with van der Waals surface area (Å²) in [6.07, 6.45) is 1.68. The smallest absolute Gasteiger partial charge is 0.326 e. The van der Waals surface area contributed by atoms with Crippen molar-refractivity contribution in [3.63, 3.8) is 0 Å². The predicted octanol–water partition coefficient (Wildman–Crippen LogP) is 2.34. The summed E-state index contributed by atoms with van der Waals surface area (Å²) in [5, 5.41) is 8.88. The lowest BCUT2D eigenvalue weighted by atomic mass is 10.2. The number of oxazole rings is 1. The molecule has 0 aliphatic rings. The zero-order chi connectivity index (χ0) is 17.0. The van der Waals surface area contributed by atoms with E-state index in [1.54, 1.807) is 18.2 Å². The Morgan fingerprint density at radius 2 is 2.09 bits per heavy atom. The summed E-state index contributed by atoms with van der Waals surface area (Å²) in [4.78, 5) is 28.0. The molecule has 1 unspecified atom stereocenters. The van der Waals surface area contributed by atoms with Crippen LogP contribution in [0.15, 0.2) is 34.9 Å². The Kier molecular flexibility index (Phi) is 5.10. The summed E-state index contributed by atoms with van der Waals surface area (Å²) < 4.78 is 19.1. The first-order chi connectivity index (χ1) is 10.9. The Morgan fingerprint density at radius 1 is 1.39 bits per heavy atom. The quantitative estimate of drug-likeness (QED) is 0.883. The number of carboxylic acids is 1. The van der Waals surface area contributed by atoms with E-state index in [0.29, 0.717) is 11.5 Å². The molecule has 2 aromatic rings. The highest BCUT2D eigenvalue weighted by molar-refractivity contribution is 5.83. The highest BCUT2D eigenvalue weighted by Gasteiger charge is 2.22. The molecule has 1 atom stereocenters. The molecule has 1 amide bonds. The molecule has 0 aliphatic carbocycles. The summed E-state index contributed by atoms with van der Waals surface area (Å²) in [6.45, 7) is 1.43. The molecule has 0 saturated heterocycles. The van der Waals surface area contributed by atoms with Crippen LogP contribution in [0.1, 0.15) is 19.2 Å². The van der Waals surface area contributed by atoms with E-state index < -0.39 is 17.8 Å². The SMILES string of the molecule is CC(C(=O)O)N(C)C(=O)CCc1ncc(-c2ccccc2F)o1. The molecule has 122 valence electrons. The molecule has 0 spiro atoms. The van der Waals surface area contributed by atoms with E-state index in [4.69, 9.17) is 9.52 Å². The molecular weight excluding hydrogens is 303 g/mol. The molecule has 0 saturated carbocycles. The number of hydrogen-bond acceptors (Lipinski definition) is 4. The van der Waals surface area contributed by atoms with Crippen LogP contribution in [0.2, 0.25) is 0 Å². The van der Waals surface area contributed by atoms with Crippen molar-refractivity contribution in [3.05, 3.63) is 42.2 Å². The Morgan fingerprint density at radius 3 is 2.74 bits per heavy atom. The molecule has 1 aromatic carbocycles. The number of aryl methyl sites for hydroxylation is 1. The maximum Gasteiger partial charge on any atom is 0.326 e. The second-order valence-corrected chi connectivity index (χ2v) is 5.12. The molecule has 7 heteroatoms. The van der Waals surface area contributed by atoms with E-state index in [-0.39, 0.29) is 24.5 Å². The number of hydrogen-bond donors (Lipinski definition) is 1. The number of aliphatic carboxylic acids is 1. The molecule has 6 nitrogen and oxygen atoms in total. The minimum atomic E-state index is -1.07. The summed E-state index contributed by atoms with van der Waals surface area (Å²) >= 11 is 0. The van der Waals surface area contributed by atoms with Crippen LogP contribution in [0.4, 0.5) is 4.39 Å². The maximum absolute atomic E-state index is 13.7. The molecule has 1 heterocycles. The van der Waals surface area contributed by atoms with Crippen molar-refractivity contribution in [2.45, 2.75) is 25.8 Å². The van der Waals surface area contributed by atoms with Crippen molar-refractivity contribution in [1.82, 2.24) is 9.88 Å². The van der Waals surface area contributed by atoms with Crippen LogP contribution in [0, 0.1) is 5.82 Å². The fraction of sp³-hybridized carbons (Fsp3) is 0.312. The van der Waals surface area contributed by atoms with Crippen molar-refractivity contribution in [2.75, 3.05) is 7.05 Å². The number of carbonyl (C=O) groups excluding carboxylic acids is 1. The lowest BCUT2D eigenvalue weighted by Crippen LogP contribution is -2.40. The van der Waals surface area contributed by atoms with Crippen LogP contribution in [-0.2, 0) is 16.0 Å². The topological polar surface area (TPSA) is 83.6 Å². The molecule has 0 radical (unpaired) electrons. The first-order valence-corrected chi connectivity index (χ1v) is 7.08. The first kappa shape index (κ1) is 16.7. The Labute approximate surface area is 132 Å². The summed E-state index contributed by atoms with van der Waals surface area (Å²) in [6, 6.07) is 5.26. The lowest BCUT2D eigenvalue weighted by Gasteiger charge is -2.21. The van der Waals surface area contributed by atoms with Crippen molar-refractivity contribution < 1.29 is 23.5 Å². The maximum atomic E-state index is 13.7. The second kappa shape index (κ2) is 7.04. The van der Waals surface area contributed by atoms with Gasteiger partial charge in [0, 0.05) is 19.9 Å². The van der Waals surface area contributed by atoms with Gasteiger partial charge in [-0.05, 0) is 19.1 Å². The van der Waals surface area contributed by atoms with Crippen molar-refractivity contribution in [3.8, 4) is 11.3 Å². The van der Waals surface area contributed by atoms with Gasteiger partial charge in [-0.3, -0.25) is 4.79 Å². The number of aromatic nitrogens is 1. The van der Waals surface area contributed by atoms with Crippen LogP contribution < -0.4 is 0 Å². The van der Waals surface area contributed by atoms with Gasteiger partial charge in [-0.1, -0.05) is 12.1 Å². The number of likely N-dealkylation sites (N-methyl/N-ethyl adjacent to an activating group) is 1. The van der Waals surface area contributed by atoms with Gasteiger partial charge in [-0.2, -0.15) is 0 Å². The minimum absolute atomic E-state index is 0.0609. The summed E-state index contributed by atoms with van der Waals surface area (Å²) in [5.74, 6) is -1.23. The monoisotopic (exact) mass is 320 g/mol. The van der Waals surface area contributed by atoms with Gasteiger partial charge in [0.1, 0.15) is 11.9 Å². The molecule has 23 heavy (non-hydrogen) atoms.